The number of hydrogen-bond acceptors (Lipinski definition) is 6. The molecule has 0 saturated heterocycles. The predicted octanol–water partition coefficient (Wildman–Crippen LogP) is 5.30. The molecule has 0 fully saturated rings. The first-order chi connectivity index (χ1) is 19.0. The maximum atomic E-state index is 14.1. The zero-order chi connectivity index (χ0) is 27.6. The third-order valence-electron chi connectivity index (χ3n) is 7.54. The Labute approximate surface area is 228 Å². The number of benzene rings is 3. The number of nitrogens with zero attached hydrogens (tertiary/aromatic N) is 1. The number of fused-ring (bicyclic) bond motifs is 3. The Balaban J connectivity index is 1.84. The third kappa shape index (κ3) is 4.46. The summed E-state index contributed by atoms with van der Waals surface area (Å²) in [6, 6.07) is 25.7. The second kappa shape index (κ2) is 10.9. The number of nitrogens with one attached hydrogen (secondary N) is 1. The Morgan fingerprint density at radius 3 is 2.10 bits per heavy atom. The molecule has 0 amide bonds. The topological polar surface area (TPSA) is 78.8 Å². The van der Waals surface area contributed by atoms with Crippen molar-refractivity contribution in [1.82, 2.24) is 9.88 Å². The first kappa shape index (κ1) is 26.5. The number of hydrogen-bond donors (Lipinski definition) is 1. The minimum absolute atomic E-state index is 0.127. The highest BCUT2D eigenvalue weighted by atomic mass is 16.6. The first-order valence-electron chi connectivity index (χ1n) is 13.4. The van der Waals surface area contributed by atoms with Crippen LogP contribution in [0, 0.1) is 6.92 Å². The summed E-state index contributed by atoms with van der Waals surface area (Å²) in [5, 5.41) is 4.57. The summed E-state index contributed by atoms with van der Waals surface area (Å²) in [5.41, 5.74) is 2.94. The van der Waals surface area contributed by atoms with Crippen LogP contribution in [0.15, 0.2) is 78.9 Å². The van der Waals surface area contributed by atoms with E-state index in [0.29, 0.717) is 12.2 Å². The van der Waals surface area contributed by atoms with Gasteiger partial charge in [-0.25, -0.2) is 9.59 Å². The highest BCUT2D eigenvalue weighted by Gasteiger charge is 2.61. The number of ether oxygens (including phenoxy) is 3. The van der Waals surface area contributed by atoms with E-state index < -0.39 is 29.6 Å². The average Bonchev–Trinajstić information content (AvgIpc) is 3.26. The van der Waals surface area contributed by atoms with E-state index in [1.807, 2.05) is 66.7 Å². The molecular weight excluding hydrogens is 492 g/mol. The van der Waals surface area contributed by atoms with Crippen LogP contribution in [0.1, 0.15) is 48.3 Å². The van der Waals surface area contributed by atoms with Crippen molar-refractivity contribution < 1.29 is 23.8 Å². The molecule has 3 aromatic carbocycles. The van der Waals surface area contributed by atoms with Gasteiger partial charge in [-0.3, -0.25) is 5.32 Å². The molecule has 1 N–H and O–H groups in total. The number of carbonyl (C=O) groups is 2. The standard InChI is InChI=1S/C32H34N2O5/c1-5-38-30(35)32(31(36)39-6-2)28(23-16-18-24(37-4)19-17-23)29-21(3)25-14-10-11-15-26(25)34(29)27(33-32)20-22-12-8-7-9-13-22/h7-19,27-28,33H,5-6,20H2,1-4H3/t27-,28-/m0/s1. The fourth-order valence-corrected chi connectivity index (χ4v) is 5.87. The van der Waals surface area contributed by atoms with E-state index in [2.05, 4.69) is 28.9 Å². The Kier molecular flexibility index (Phi) is 7.44. The molecule has 7 heteroatoms. The van der Waals surface area contributed by atoms with Gasteiger partial charge < -0.3 is 18.8 Å². The third-order valence-corrected chi connectivity index (χ3v) is 7.54. The van der Waals surface area contributed by atoms with E-state index >= 15 is 0 Å². The fraction of sp³-hybridized carbons (Fsp3) is 0.312. The molecule has 1 aromatic heterocycles. The SMILES string of the molecule is CCOC(=O)C1(C(=O)OCC)N[C@H](Cc2ccccc2)n2c(c(C)c3ccccc32)[C@@H]1c1ccc(OC)cc1. The zero-order valence-electron chi connectivity index (χ0n) is 22.8. The van der Waals surface area contributed by atoms with Crippen LogP contribution in [0.5, 0.6) is 5.75 Å². The van der Waals surface area contributed by atoms with Gasteiger partial charge in [0.05, 0.1) is 32.4 Å². The number of carbonyl (C=O) groups excluding carboxylic acids is 2. The Hall–Kier alpha value is -4.10. The van der Waals surface area contributed by atoms with Gasteiger partial charge in [-0.2, -0.15) is 0 Å². The molecule has 7 nitrogen and oxygen atoms in total. The Bertz CT molecular complexity index is 1460. The van der Waals surface area contributed by atoms with Crippen molar-refractivity contribution in [2.75, 3.05) is 20.3 Å². The smallest absolute Gasteiger partial charge is 0.339 e. The molecule has 1 aliphatic rings. The summed E-state index contributed by atoms with van der Waals surface area (Å²) >= 11 is 0. The highest BCUT2D eigenvalue weighted by Crippen LogP contribution is 2.47. The molecule has 39 heavy (non-hydrogen) atoms. The van der Waals surface area contributed by atoms with Crippen LogP contribution in [0.25, 0.3) is 10.9 Å². The second-order valence-electron chi connectivity index (χ2n) is 9.70. The van der Waals surface area contributed by atoms with E-state index in [0.717, 1.165) is 33.3 Å². The lowest BCUT2D eigenvalue weighted by atomic mass is 9.73. The van der Waals surface area contributed by atoms with Crippen LogP contribution in [0.4, 0.5) is 0 Å². The number of para-hydroxylation sites is 1. The van der Waals surface area contributed by atoms with Gasteiger partial charge in [-0.15, -0.1) is 0 Å². The van der Waals surface area contributed by atoms with Gasteiger partial charge in [0, 0.05) is 23.0 Å². The van der Waals surface area contributed by atoms with Crippen LogP contribution >= 0.6 is 0 Å². The molecule has 0 radical (unpaired) electrons. The lowest BCUT2D eigenvalue weighted by Gasteiger charge is -2.46. The maximum Gasteiger partial charge on any atom is 0.339 e. The summed E-state index contributed by atoms with van der Waals surface area (Å²) in [5.74, 6) is -1.35. The first-order valence-corrected chi connectivity index (χ1v) is 13.4. The van der Waals surface area contributed by atoms with Crippen LogP contribution in [0.2, 0.25) is 0 Å². The van der Waals surface area contributed by atoms with Crippen molar-refractivity contribution in [2.45, 2.75) is 44.8 Å². The van der Waals surface area contributed by atoms with Gasteiger partial charge in [0.25, 0.3) is 0 Å². The van der Waals surface area contributed by atoms with Gasteiger partial charge in [0.1, 0.15) is 5.75 Å². The minimum Gasteiger partial charge on any atom is -0.497 e. The van der Waals surface area contributed by atoms with Gasteiger partial charge >= 0.3 is 11.9 Å². The molecule has 4 aromatic rings. The van der Waals surface area contributed by atoms with E-state index in [1.54, 1.807) is 21.0 Å². The lowest BCUT2D eigenvalue weighted by Crippen LogP contribution is -2.67. The zero-order valence-corrected chi connectivity index (χ0v) is 22.8. The van der Waals surface area contributed by atoms with E-state index in [-0.39, 0.29) is 13.2 Å². The number of aromatic nitrogens is 1. The maximum absolute atomic E-state index is 14.1. The van der Waals surface area contributed by atoms with Crippen molar-refractivity contribution in [1.29, 1.82) is 0 Å². The van der Waals surface area contributed by atoms with Crippen molar-refractivity contribution in [3.8, 4) is 5.75 Å². The highest BCUT2D eigenvalue weighted by molar-refractivity contribution is 6.07. The van der Waals surface area contributed by atoms with Crippen molar-refractivity contribution in [3.63, 3.8) is 0 Å². The van der Waals surface area contributed by atoms with Gasteiger partial charge in [0.15, 0.2) is 0 Å². The fourth-order valence-electron chi connectivity index (χ4n) is 5.87. The number of methoxy groups -OCH3 is 1. The molecule has 0 spiro atoms. The van der Waals surface area contributed by atoms with Crippen LogP contribution < -0.4 is 10.1 Å². The molecule has 202 valence electrons. The van der Waals surface area contributed by atoms with Crippen LogP contribution in [-0.2, 0) is 25.5 Å². The van der Waals surface area contributed by atoms with Crippen molar-refractivity contribution >= 4 is 22.8 Å². The molecule has 5 rings (SSSR count). The number of aryl methyl sites for hydroxylation is 1. The number of esters is 2. The summed E-state index contributed by atoms with van der Waals surface area (Å²) in [4.78, 5) is 28.1. The molecule has 0 unspecified atom stereocenters. The second-order valence-corrected chi connectivity index (χ2v) is 9.70. The Morgan fingerprint density at radius 1 is 0.872 bits per heavy atom. The lowest BCUT2D eigenvalue weighted by molar-refractivity contribution is -0.169. The van der Waals surface area contributed by atoms with Gasteiger partial charge in [0.2, 0.25) is 5.54 Å². The van der Waals surface area contributed by atoms with Crippen LogP contribution in [-0.4, -0.2) is 42.4 Å². The largest absolute Gasteiger partial charge is 0.497 e. The normalized spacial score (nSPS) is 17.8. The average molecular weight is 527 g/mol. The minimum atomic E-state index is -1.81. The van der Waals surface area contributed by atoms with Crippen LogP contribution in [0.3, 0.4) is 0 Å². The van der Waals surface area contributed by atoms with Gasteiger partial charge in [-0.05, 0) is 55.7 Å². The summed E-state index contributed by atoms with van der Waals surface area (Å²) in [6.07, 6.45) is 0.117. The summed E-state index contributed by atoms with van der Waals surface area (Å²) < 4.78 is 18.9. The summed E-state index contributed by atoms with van der Waals surface area (Å²) in [6.45, 7) is 5.79. The molecule has 0 saturated carbocycles. The van der Waals surface area contributed by atoms with E-state index in [4.69, 9.17) is 14.2 Å². The molecule has 0 aliphatic carbocycles. The van der Waals surface area contributed by atoms with E-state index in [9.17, 15) is 9.59 Å². The van der Waals surface area contributed by atoms with E-state index in [1.165, 1.54) is 0 Å². The molecule has 2 atom stereocenters. The molecule has 2 heterocycles. The monoisotopic (exact) mass is 526 g/mol. The molecular formula is C32H34N2O5. The predicted molar refractivity (Wildman–Crippen MR) is 150 cm³/mol. The number of rotatable bonds is 8. The van der Waals surface area contributed by atoms with Crippen molar-refractivity contribution in [2.24, 2.45) is 0 Å². The van der Waals surface area contributed by atoms with Crippen molar-refractivity contribution in [3.05, 3.63) is 101 Å². The Morgan fingerprint density at radius 2 is 1.49 bits per heavy atom. The summed E-state index contributed by atoms with van der Waals surface area (Å²) in [7, 11) is 1.61. The molecule has 1 aliphatic heterocycles. The quantitative estimate of drug-likeness (QED) is 0.248. The van der Waals surface area contributed by atoms with Gasteiger partial charge in [-0.1, -0.05) is 60.7 Å². The molecule has 0 bridgehead atoms.